The van der Waals surface area contributed by atoms with Gasteiger partial charge in [-0.2, -0.15) is 5.10 Å². The minimum atomic E-state index is -0.177. The van der Waals surface area contributed by atoms with Gasteiger partial charge in [0.05, 0.1) is 6.10 Å². The van der Waals surface area contributed by atoms with Crippen LogP contribution in [-0.4, -0.2) is 36.3 Å². The Hall–Kier alpha value is -1.43. The lowest BCUT2D eigenvalue weighted by molar-refractivity contribution is -0.121. The molecule has 1 fully saturated rings. The van der Waals surface area contributed by atoms with Crippen LogP contribution in [0.5, 0.6) is 0 Å². The number of carbonyl (C=O) groups is 2. The Bertz CT molecular complexity index is 354. The van der Waals surface area contributed by atoms with Gasteiger partial charge in [-0.3, -0.25) is 9.59 Å². The lowest BCUT2D eigenvalue weighted by Gasteiger charge is -2.28. The van der Waals surface area contributed by atoms with E-state index in [1.807, 2.05) is 6.92 Å². The van der Waals surface area contributed by atoms with E-state index in [2.05, 4.69) is 15.8 Å². The van der Waals surface area contributed by atoms with Gasteiger partial charge in [0.1, 0.15) is 5.71 Å². The van der Waals surface area contributed by atoms with Gasteiger partial charge in [-0.05, 0) is 19.8 Å². The second-order valence-electron chi connectivity index (χ2n) is 4.47. The van der Waals surface area contributed by atoms with Crippen molar-refractivity contribution in [1.82, 2.24) is 10.7 Å². The van der Waals surface area contributed by atoms with Crippen molar-refractivity contribution in [1.29, 1.82) is 0 Å². The molecule has 2 amide bonds. The first kappa shape index (κ1) is 12.0. The van der Waals surface area contributed by atoms with Gasteiger partial charge in [0.15, 0.2) is 0 Å². The van der Waals surface area contributed by atoms with E-state index in [4.69, 9.17) is 4.74 Å². The zero-order valence-corrected chi connectivity index (χ0v) is 9.86. The second kappa shape index (κ2) is 5.27. The lowest BCUT2D eigenvalue weighted by Crippen LogP contribution is -2.45. The van der Waals surface area contributed by atoms with Crippen molar-refractivity contribution < 1.29 is 14.3 Å². The van der Waals surface area contributed by atoms with E-state index >= 15 is 0 Å². The number of ether oxygens (including phenoxy) is 1. The van der Waals surface area contributed by atoms with Crippen molar-refractivity contribution in [3.63, 3.8) is 0 Å². The van der Waals surface area contributed by atoms with Crippen molar-refractivity contribution in [3.05, 3.63) is 0 Å². The van der Waals surface area contributed by atoms with Crippen LogP contribution >= 0.6 is 0 Å². The van der Waals surface area contributed by atoms with E-state index in [-0.39, 0.29) is 24.0 Å². The van der Waals surface area contributed by atoms with Crippen LogP contribution in [0.3, 0.4) is 0 Å². The maximum Gasteiger partial charge on any atom is 0.267 e. The first-order valence-electron chi connectivity index (χ1n) is 5.93. The summed E-state index contributed by atoms with van der Waals surface area (Å²) in [6.07, 6.45) is 2.58. The Kier molecular flexibility index (Phi) is 3.73. The molecule has 17 heavy (non-hydrogen) atoms. The number of carbonyl (C=O) groups excluding carboxylic acids is 2. The molecule has 6 heteroatoms. The Morgan fingerprint density at radius 3 is 3.00 bits per heavy atom. The van der Waals surface area contributed by atoms with Crippen LogP contribution in [0.4, 0.5) is 0 Å². The summed E-state index contributed by atoms with van der Waals surface area (Å²) < 4.78 is 5.41. The third-order valence-electron chi connectivity index (χ3n) is 2.99. The standard InChI is InChI=1S/C11H17N3O3/c1-7-6-8(4-5-17-7)12-11(16)9-2-3-10(15)14-13-9/h7-8H,2-6H2,1H3,(H,12,16)(H,14,15). The third-order valence-corrected chi connectivity index (χ3v) is 2.99. The maximum atomic E-state index is 11.8. The number of nitrogens with one attached hydrogen (secondary N) is 2. The largest absolute Gasteiger partial charge is 0.378 e. The molecule has 0 radical (unpaired) electrons. The molecule has 2 atom stereocenters. The number of hydrazone groups is 1. The molecular weight excluding hydrogens is 222 g/mol. The van der Waals surface area contributed by atoms with E-state index in [1.165, 1.54) is 0 Å². The molecule has 0 saturated carbocycles. The van der Waals surface area contributed by atoms with Gasteiger partial charge in [-0.1, -0.05) is 0 Å². The summed E-state index contributed by atoms with van der Waals surface area (Å²) in [6.45, 7) is 2.67. The Morgan fingerprint density at radius 1 is 1.53 bits per heavy atom. The molecule has 0 aromatic heterocycles. The molecule has 94 valence electrons. The third kappa shape index (κ3) is 3.26. The molecule has 1 saturated heterocycles. The Balaban J connectivity index is 1.86. The van der Waals surface area contributed by atoms with Gasteiger partial charge in [0.25, 0.3) is 5.91 Å². The van der Waals surface area contributed by atoms with Crippen molar-refractivity contribution >= 4 is 17.5 Å². The molecular formula is C11H17N3O3. The quantitative estimate of drug-likeness (QED) is 0.708. The van der Waals surface area contributed by atoms with E-state index in [1.54, 1.807) is 0 Å². The first-order valence-corrected chi connectivity index (χ1v) is 5.93. The van der Waals surface area contributed by atoms with E-state index in [0.717, 1.165) is 12.8 Å². The van der Waals surface area contributed by atoms with Crippen LogP contribution in [-0.2, 0) is 14.3 Å². The van der Waals surface area contributed by atoms with Gasteiger partial charge in [-0.25, -0.2) is 5.43 Å². The second-order valence-corrected chi connectivity index (χ2v) is 4.47. The molecule has 2 unspecified atom stereocenters. The fourth-order valence-corrected chi connectivity index (χ4v) is 2.04. The molecule has 6 nitrogen and oxygen atoms in total. The molecule has 2 N–H and O–H groups in total. The lowest BCUT2D eigenvalue weighted by atomic mass is 10.0. The predicted octanol–water partition coefficient (Wildman–Crippen LogP) is -0.0639. The van der Waals surface area contributed by atoms with Crippen LogP contribution in [0, 0.1) is 0 Å². The number of amides is 2. The molecule has 0 bridgehead atoms. The maximum absolute atomic E-state index is 11.8. The number of rotatable bonds is 2. The highest BCUT2D eigenvalue weighted by Gasteiger charge is 2.24. The number of hydrogen-bond acceptors (Lipinski definition) is 4. The van der Waals surface area contributed by atoms with Crippen LogP contribution < -0.4 is 10.7 Å². The highest BCUT2D eigenvalue weighted by molar-refractivity contribution is 6.39. The summed E-state index contributed by atoms with van der Waals surface area (Å²) >= 11 is 0. The van der Waals surface area contributed by atoms with Gasteiger partial charge >= 0.3 is 0 Å². The Morgan fingerprint density at radius 2 is 2.35 bits per heavy atom. The van der Waals surface area contributed by atoms with Gasteiger partial charge in [0.2, 0.25) is 5.91 Å². The Labute approximate surface area is 99.8 Å². The minimum absolute atomic E-state index is 0.138. The average Bonchev–Trinajstić information content (AvgIpc) is 2.29. The summed E-state index contributed by atoms with van der Waals surface area (Å²) in [5.41, 5.74) is 2.73. The molecule has 0 aromatic rings. The van der Waals surface area contributed by atoms with Gasteiger partial charge in [-0.15, -0.1) is 0 Å². The molecule has 2 aliphatic rings. The molecule has 0 aliphatic carbocycles. The topological polar surface area (TPSA) is 79.8 Å². The van der Waals surface area contributed by atoms with Crippen LogP contribution in [0.1, 0.15) is 32.6 Å². The zero-order valence-electron chi connectivity index (χ0n) is 9.86. The summed E-state index contributed by atoms with van der Waals surface area (Å²) in [5, 5.41) is 6.70. The molecule has 2 rings (SSSR count). The van der Waals surface area contributed by atoms with Crippen molar-refractivity contribution in [2.75, 3.05) is 6.61 Å². The fraction of sp³-hybridized carbons (Fsp3) is 0.727. The first-order chi connectivity index (χ1) is 8.15. The van der Waals surface area contributed by atoms with E-state index in [9.17, 15) is 9.59 Å². The van der Waals surface area contributed by atoms with E-state index in [0.29, 0.717) is 25.2 Å². The van der Waals surface area contributed by atoms with Crippen molar-refractivity contribution in [2.45, 2.75) is 44.8 Å². The van der Waals surface area contributed by atoms with E-state index < -0.39 is 0 Å². The van der Waals surface area contributed by atoms with Crippen molar-refractivity contribution in [3.8, 4) is 0 Å². The molecule has 2 aliphatic heterocycles. The molecule has 0 spiro atoms. The summed E-state index contributed by atoms with van der Waals surface area (Å²) in [7, 11) is 0. The monoisotopic (exact) mass is 239 g/mol. The number of nitrogens with zero attached hydrogens (tertiary/aromatic N) is 1. The smallest absolute Gasteiger partial charge is 0.267 e. The van der Waals surface area contributed by atoms with Crippen molar-refractivity contribution in [2.24, 2.45) is 5.10 Å². The predicted molar refractivity (Wildman–Crippen MR) is 61.4 cm³/mol. The SMILES string of the molecule is CC1CC(NC(=O)C2=NNC(=O)CC2)CCO1. The summed E-state index contributed by atoms with van der Waals surface area (Å²) in [5.74, 6) is -0.315. The zero-order chi connectivity index (χ0) is 12.3. The highest BCUT2D eigenvalue weighted by atomic mass is 16.5. The fourth-order valence-electron chi connectivity index (χ4n) is 2.04. The summed E-state index contributed by atoms with van der Waals surface area (Å²) in [6, 6.07) is 0.145. The van der Waals surface area contributed by atoms with Crippen LogP contribution in [0.15, 0.2) is 5.10 Å². The molecule has 2 heterocycles. The normalized spacial score (nSPS) is 29.2. The average molecular weight is 239 g/mol. The summed E-state index contributed by atoms with van der Waals surface area (Å²) in [4.78, 5) is 22.7. The van der Waals surface area contributed by atoms with Gasteiger partial charge in [0, 0.05) is 25.5 Å². The molecule has 0 aromatic carbocycles. The van der Waals surface area contributed by atoms with Crippen LogP contribution in [0.2, 0.25) is 0 Å². The number of hydrogen-bond donors (Lipinski definition) is 2. The van der Waals surface area contributed by atoms with Crippen LogP contribution in [0.25, 0.3) is 0 Å². The minimum Gasteiger partial charge on any atom is -0.378 e. The van der Waals surface area contributed by atoms with Gasteiger partial charge < -0.3 is 10.1 Å². The highest BCUT2D eigenvalue weighted by Crippen LogP contribution is 2.13.